The Morgan fingerprint density at radius 2 is 1.58 bits per heavy atom. The molecule has 4 aromatic rings. The van der Waals surface area contributed by atoms with Gasteiger partial charge in [0.05, 0.1) is 10.9 Å². The molecule has 0 saturated heterocycles. The normalized spacial score (nSPS) is 11.8. The van der Waals surface area contributed by atoms with Crippen LogP contribution in [-0.2, 0) is 0 Å². The summed E-state index contributed by atoms with van der Waals surface area (Å²) in [6.45, 7) is 0. The van der Waals surface area contributed by atoms with Crippen molar-refractivity contribution in [3.8, 4) is 16.9 Å². The first-order valence-corrected chi connectivity index (χ1v) is 7.72. The second-order valence-electron chi connectivity index (χ2n) is 5.68. The van der Waals surface area contributed by atoms with E-state index in [-0.39, 0.29) is 11.1 Å². The number of alkyl halides is 3. The van der Waals surface area contributed by atoms with Crippen molar-refractivity contribution < 1.29 is 22.3 Å². The van der Waals surface area contributed by atoms with Gasteiger partial charge in [-0.2, -0.15) is 0 Å². The second kappa shape index (κ2) is 5.91. The number of hydrogen-bond acceptors (Lipinski definition) is 3. The standard InChI is InChI=1S/C20H11F3O3/c21-20(22,23)26-16-8-4-3-7-14(16)15-11-25-17-10-9-12-5-1-2-6-13(12)18(17)19(15)24/h1-11H. The van der Waals surface area contributed by atoms with Crippen LogP contribution in [0, 0.1) is 0 Å². The summed E-state index contributed by atoms with van der Waals surface area (Å²) in [6, 6.07) is 16.2. The summed E-state index contributed by atoms with van der Waals surface area (Å²) >= 11 is 0. The number of para-hydroxylation sites is 1. The number of ether oxygens (including phenoxy) is 1. The number of rotatable bonds is 2. The lowest BCUT2D eigenvalue weighted by molar-refractivity contribution is -0.274. The van der Waals surface area contributed by atoms with Gasteiger partial charge in [-0.3, -0.25) is 4.79 Å². The van der Waals surface area contributed by atoms with Gasteiger partial charge in [0.1, 0.15) is 17.6 Å². The molecule has 0 N–H and O–H groups in total. The summed E-state index contributed by atoms with van der Waals surface area (Å²) in [7, 11) is 0. The molecule has 0 unspecified atom stereocenters. The van der Waals surface area contributed by atoms with Crippen LogP contribution in [0.1, 0.15) is 0 Å². The van der Waals surface area contributed by atoms with E-state index in [4.69, 9.17) is 4.42 Å². The van der Waals surface area contributed by atoms with Crippen LogP contribution in [0.2, 0.25) is 0 Å². The maximum Gasteiger partial charge on any atom is 0.573 e. The maximum atomic E-state index is 13.1. The summed E-state index contributed by atoms with van der Waals surface area (Å²) in [5.74, 6) is -0.452. The van der Waals surface area contributed by atoms with E-state index in [9.17, 15) is 18.0 Å². The van der Waals surface area contributed by atoms with Gasteiger partial charge in [0.2, 0.25) is 5.43 Å². The van der Waals surface area contributed by atoms with E-state index in [1.165, 1.54) is 18.2 Å². The molecule has 0 radical (unpaired) electrons. The Morgan fingerprint density at radius 1 is 0.846 bits per heavy atom. The highest BCUT2D eigenvalue weighted by Gasteiger charge is 2.32. The van der Waals surface area contributed by atoms with Crippen LogP contribution >= 0.6 is 0 Å². The largest absolute Gasteiger partial charge is 0.573 e. The molecule has 0 aliphatic carbocycles. The molecule has 6 heteroatoms. The molecule has 0 fully saturated rings. The van der Waals surface area contributed by atoms with Gasteiger partial charge < -0.3 is 9.15 Å². The average Bonchev–Trinajstić information content (AvgIpc) is 2.61. The Labute approximate surface area is 145 Å². The van der Waals surface area contributed by atoms with Crippen molar-refractivity contribution in [2.24, 2.45) is 0 Å². The zero-order valence-electron chi connectivity index (χ0n) is 13.2. The van der Waals surface area contributed by atoms with Crippen LogP contribution in [0.25, 0.3) is 32.9 Å². The molecule has 3 aromatic carbocycles. The van der Waals surface area contributed by atoms with Gasteiger partial charge in [0.15, 0.2) is 0 Å². The van der Waals surface area contributed by atoms with Crippen LogP contribution in [0.15, 0.2) is 76.1 Å². The molecule has 4 rings (SSSR count). The van der Waals surface area contributed by atoms with Crippen molar-refractivity contribution >= 4 is 21.7 Å². The summed E-state index contributed by atoms with van der Waals surface area (Å²) in [6.07, 6.45) is -3.70. The molecular formula is C20H11F3O3. The first-order valence-electron chi connectivity index (χ1n) is 7.72. The number of halogens is 3. The maximum absolute atomic E-state index is 13.1. The number of hydrogen-bond donors (Lipinski definition) is 0. The van der Waals surface area contributed by atoms with Crippen molar-refractivity contribution in [2.45, 2.75) is 6.36 Å². The first-order chi connectivity index (χ1) is 12.4. The highest BCUT2D eigenvalue weighted by Crippen LogP contribution is 2.33. The van der Waals surface area contributed by atoms with Gasteiger partial charge in [-0.05, 0) is 22.9 Å². The molecule has 26 heavy (non-hydrogen) atoms. The molecule has 0 bridgehead atoms. The van der Waals surface area contributed by atoms with Crippen molar-refractivity contribution in [3.05, 3.63) is 77.2 Å². The topological polar surface area (TPSA) is 39.4 Å². The van der Waals surface area contributed by atoms with Crippen molar-refractivity contribution in [1.82, 2.24) is 0 Å². The first kappa shape index (κ1) is 16.2. The van der Waals surface area contributed by atoms with E-state index in [0.717, 1.165) is 17.7 Å². The molecule has 1 heterocycles. The highest BCUT2D eigenvalue weighted by atomic mass is 19.4. The summed E-state index contributed by atoms with van der Waals surface area (Å²) in [4.78, 5) is 13.1. The molecule has 0 atom stereocenters. The fourth-order valence-electron chi connectivity index (χ4n) is 2.98. The zero-order valence-corrected chi connectivity index (χ0v) is 13.2. The number of benzene rings is 3. The third-order valence-electron chi connectivity index (χ3n) is 4.07. The van der Waals surface area contributed by atoms with Crippen LogP contribution in [0.5, 0.6) is 5.75 Å². The van der Waals surface area contributed by atoms with Crippen LogP contribution in [-0.4, -0.2) is 6.36 Å². The molecule has 0 saturated carbocycles. The summed E-state index contributed by atoms with van der Waals surface area (Å²) in [5, 5.41) is 1.83. The average molecular weight is 356 g/mol. The molecule has 0 aliphatic heterocycles. The van der Waals surface area contributed by atoms with E-state index in [0.29, 0.717) is 16.4 Å². The molecule has 130 valence electrons. The molecule has 0 amide bonds. The zero-order chi connectivity index (χ0) is 18.3. The van der Waals surface area contributed by atoms with Gasteiger partial charge in [0.25, 0.3) is 0 Å². The fraction of sp³-hybridized carbons (Fsp3) is 0.0500. The third-order valence-corrected chi connectivity index (χ3v) is 4.07. The van der Waals surface area contributed by atoms with E-state index < -0.39 is 17.5 Å². The quantitative estimate of drug-likeness (QED) is 0.445. The predicted molar refractivity (Wildman–Crippen MR) is 92.1 cm³/mol. The molecule has 0 aliphatic rings. The van der Waals surface area contributed by atoms with Gasteiger partial charge in [-0.1, -0.05) is 48.5 Å². The Bertz CT molecular complexity index is 1180. The van der Waals surface area contributed by atoms with Gasteiger partial charge in [-0.15, -0.1) is 13.2 Å². The van der Waals surface area contributed by atoms with Crippen molar-refractivity contribution in [2.75, 3.05) is 0 Å². The predicted octanol–water partition coefficient (Wildman–Crippen LogP) is 5.51. The molecule has 3 nitrogen and oxygen atoms in total. The minimum atomic E-state index is -4.86. The van der Waals surface area contributed by atoms with Gasteiger partial charge >= 0.3 is 6.36 Å². The second-order valence-corrected chi connectivity index (χ2v) is 5.68. The molecular weight excluding hydrogens is 345 g/mol. The van der Waals surface area contributed by atoms with E-state index >= 15 is 0 Å². The SMILES string of the molecule is O=c1c(-c2ccccc2OC(F)(F)F)coc2ccc3ccccc3c12. The van der Waals surface area contributed by atoms with E-state index in [2.05, 4.69) is 4.74 Å². The van der Waals surface area contributed by atoms with Gasteiger partial charge in [-0.25, -0.2) is 0 Å². The van der Waals surface area contributed by atoms with E-state index in [1.807, 2.05) is 18.2 Å². The molecule has 1 aromatic heterocycles. The van der Waals surface area contributed by atoms with Crippen LogP contribution < -0.4 is 10.2 Å². The number of fused-ring (bicyclic) bond motifs is 3. The lowest BCUT2D eigenvalue weighted by Gasteiger charge is -2.13. The van der Waals surface area contributed by atoms with Crippen LogP contribution in [0.4, 0.5) is 13.2 Å². The monoisotopic (exact) mass is 356 g/mol. The Morgan fingerprint density at radius 3 is 2.38 bits per heavy atom. The lowest BCUT2D eigenvalue weighted by atomic mass is 10.0. The Hall–Kier alpha value is -3.28. The summed E-state index contributed by atoms with van der Waals surface area (Å²) in [5.41, 5.74) is -0.0185. The van der Waals surface area contributed by atoms with Gasteiger partial charge in [0, 0.05) is 5.56 Å². The third kappa shape index (κ3) is 2.79. The highest BCUT2D eigenvalue weighted by molar-refractivity contribution is 6.06. The Kier molecular flexibility index (Phi) is 3.68. The minimum absolute atomic E-state index is 0.00806. The molecule has 0 spiro atoms. The fourth-order valence-corrected chi connectivity index (χ4v) is 2.98. The van der Waals surface area contributed by atoms with Crippen molar-refractivity contribution in [3.63, 3.8) is 0 Å². The Balaban J connectivity index is 2.01. The smallest absolute Gasteiger partial charge is 0.463 e. The lowest BCUT2D eigenvalue weighted by Crippen LogP contribution is -2.18. The van der Waals surface area contributed by atoms with E-state index in [1.54, 1.807) is 18.2 Å². The summed E-state index contributed by atoms with van der Waals surface area (Å²) < 4.78 is 47.6. The van der Waals surface area contributed by atoms with Crippen LogP contribution in [0.3, 0.4) is 0 Å². The minimum Gasteiger partial charge on any atom is -0.463 e. The van der Waals surface area contributed by atoms with Crippen molar-refractivity contribution in [1.29, 1.82) is 0 Å².